The lowest BCUT2D eigenvalue weighted by Gasteiger charge is -2.26. The van der Waals surface area contributed by atoms with E-state index in [1.165, 1.54) is 42.5 Å². The summed E-state index contributed by atoms with van der Waals surface area (Å²) < 4.78 is 9.98. The smallest absolute Gasteiger partial charge is 0.337 e. The first kappa shape index (κ1) is 20.3. The van der Waals surface area contributed by atoms with Crippen molar-refractivity contribution in [2.24, 2.45) is 0 Å². The van der Waals surface area contributed by atoms with Gasteiger partial charge in [0.2, 0.25) is 11.8 Å². The van der Waals surface area contributed by atoms with Crippen molar-refractivity contribution >= 4 is 29.4 Å². The number of furan rings is 1. The number of ether oxygens (including phenoxy) is 1. The van der Waals surface area contributed by atoms with Gasteiger partial charge in [-0.15, -0.1) is 0 Å². The number of esters is 1. The highest BCUT2D eigenvalue weighted by molar-refractivity contribution is 6.23. The molecule has 3 amide bonds. The molecule has 0 spiro atoms. The van der Waals surface area contributed by atoms with Crippen LogP contribution in [-0.4, -0.2) is 41.7 Å². The second-order valence-electron chi connectivity index (χ2n) is 6.68. The van der Waals surface area contributed by atoms with Gasteiger partial charge in [-0.25, -0.2) is 9.69 Å². The van der Waals surface area contributed by atoms with Gasteiger partial charge in [-0.3, -0.25) is 14.4 Å². The van der Waals surface area contributed by atoms with Crippen LogP contribution in [0.4, 0.5) is 5.69 Å². The van der Waals surface area contributed by atoms with E-state index in [1.807, 2.05) is 6.92 Å². The summed E-state index contributed by atoms with van der Waals surface area (Å²) in [5.41, 5.74) is 0.653. The van der Waals surface area contributed by atoms with E-state index in [1.54, 1.807) is 12.1 Å². The topological polar surface area (TPSA) is 97.1 Å². The molecule has 1 aromatic heterocycles. The average molecular weight is 398 g/mol. The number of benzene rings is 1. The van der Waals surface area contributed by atoms with Crippen molar-refractivity contribution in [3.63, 3.8) is 0 Å². The molecule has 0 radical (unpaired) electrons. The predicted molar refractivity (Wildman–Crippen MR) is 103 cm³/mol. The summed E-state index contributed by atoms with van der Waals surface area (Å²) in [6.07, 6.45) is 2.29. The van der Waals surface area contributed by atoms with Crippen LogP contribution >= 0.6 is 0 Å². The molecule has 0 saturated carbocycles. The zero-order valence-electron chi connectivity index (χ0n) is 16.3. The molecule has 0 aliphatic carbocycles. The lowest BCUT2D eigenvalue weighted by Crippen LogP contribution is -2.45. The van der Waals surface area contributed by atoms with Crippen LogP contribution in [0.15, 0.2) is 47.1 Å². The van der Waals surface area contributed by atoms with Crippen LogP contribution in [0.1, 0.15) is 42.3 Å². The van der Waals surface area contributed by atoms with Gasteiger partial charge in [-0.2, -0.15) is 0 Å². The number of imide groups is 1. The van der Waals surface area contributed by atoms with Crippen LogP contribution in [0.5, 0.6) is 0 Å². The average Bonchev–Trinajstić information content (AvgIpc) is 3.33. The minimum absolute atomic E-state index is 0.103. The van der Waals surface area contributed by atoms with E-state index in [2.05, 4.69) is 4.74 Å². The Bertz CT molecular complexity index is 904. The standard InChI is InChI=1S/C21H22N2O6/c1-3-5-18(24)22(13-16-6-4-11-29-16)17-12-19(25)23(20(17)26)15-9-7-14(8-10-15)21(27)28-2/h4,6-11,17H,3,5,12-13H2,1-2H3. The van der Waals surface area contributed by atoms with Crippen molar-refractivity contribution in [3.05, 3.63) is 54.0 Å². The molecule has 1 fully saturated rings. The Morgan fingerprint density at radius 3 is 2.52 bits per heavy atom. The first-order chi connectivity index (χ1) is 14.0. The van der Waals surface area contributed by atoms with Crippen LogP contribution in [0, 0.1) is 0 Å². The first-order valence-electron chi connectivity index (χ1n) is 9.33. The SMILES string of the molecule is CCCC(=O)N(Cc1ccco1)C1CC(=O)N(c2ccc(C(=O)OC)cc2)C1=O. The highest BCUT2D eigenvalue weighted by atomic mass is 16.5. The number of rotatable bonds is 7. The third kappa shape index (κ3) is 4.21. The number of nitrogens with zero attached hydrogens (tertiary/aromatic N) is 2. The number of carbonyl (C=O) groups is 4. The van der Waals surface area contributed by atoms with Gasteiger partial charge in [-0.05, 0) is 42.8 Å². The van der Waals surface area contributed by atoms with E-state index < -0.39 is 23.8 Å². The quantitative estimate of drug-likeness (QED) is 0.525. The summed E-state index contributed by atoms with van der Waals surface area (Å²) in [5.74, 6) is -1.06. The Balaban J connectivity index is 1.85. The Labute approximate surface area is 168 Å². The number of hydrogen-bond donors (Lipinski definition) is 0. The maximum absolute atomic E-state index is 13.1. The normalized spacial score (nSPS) is 16.2. The van der Waals surface area contributed by atoms with Gasteiger partial charge >= 0.3 is 5.97 Å². The Morgan fingerprint density at radius 1 is 1.21 bits per heavy atom. The summed E-state index contributed by atoms with van der Waals surface area (Å²) in [7, 11) is 1.27. The van der Waals surface area contributed by atoms with Crippen molar-refractivity contribution in [1.29, 1.82) is 0 Å². The van der Waals surface area contributed by atoms with E-state index in [4.69, 9.17) is 4.42 Å². The van der Waals surface area contributed by atoms with Gasteiger partial charge in [0, 0.05) is 6.42 Å². The minimum Gasteiger partial charge on any atom is -0.467 e. The van der Waals surface area contributed by atoms with E-state index in [9.17, 15) is 19.2 Å². The zero-order chi connectivity index (χ0) is 21.0. The van der Waals surface area contributed by atoms with Crippen molar-refractivity contribution in [2.75, 3.05) is 12.0 Å². The molecule has 2 heterocycles. The fourth-order valence-corrected chi connectivity index (χ4v) is 3.30. The molecule has 0 N–H and O–H groups in total. The molecule has 1 saturated heterocycles. The number of carbonyl (C=O) groups excluding carboxylic acids is 4. The molecule has 2 aromatic rings. The minimum atomic E-state index is -0.896. The van der Waals surface area contributed by atoms with Crippen LogP contribution in [0.3, 0.4) is 0 Å². The maximum Gasteiger partial charge on any atom is 0.337 e. The predicted octanol–water partition coefficient (Wildman–Crippen LogP) is 2.53. The van der Waals surface area contributed by atoms with Crippen molar-refractivity contribution in [3.8, 4) is 0 Å². The Hall–Kier alpha value is -3.42. The van der Waals surface area contributed by atoms with Gasteiger partial charge in [0.25, 0.3) is 5.91 Å². The molecule has 1 aromatic carbocycles. The fourth-order valence-electron chi connectivity index (χ4n) is 3.30. The second-order valence-corrected chi connectivity index (χ2v) is 6.68. The van der Waals surface area contributed by atoms with Gasteiger partial charge < -0.3 is 14.1 Å². The largest absolute Gasteiger partial charge is 0.467 e. The van der Waals surface area contributed by atoms with E-state index >= 15 is 0 Å². The highest BCUT2D eigenvalue weighted by Gasteiger charge is 2.44. The van der Waals surface area contributed by atoms with Gasteiger partial charge in [0.15, 0.2) is 0 Å². The zero-order valence-corrected chi connectivity index (χ0v) is 16.3. The van der Waals surface area contributed by atoms with Crippen LogP contribution < -0.4 is 4.90 Å². The Kier molecular flexibility index (Phi) is 6.11. The Morgan fingerprint density at radius 2 is 1.93 bits per heavy atom. The van der Waals surface area contributed by atoms with Gasteiger partial charge in [-0.1, -0.05) is 6.92 Å². The lowest BCUT2D eigenvalue weighted by atomic mass is 10.1. The first-order valence-corrected chi connectivity index (χ1v) is 9.33. The number of hydrogen-bond acceptors (Lipinski definition) is 6. The maximum atomic E-state index is 13.1. The van der Waals surface area contributed by atoms with Gasteiger partial charge in [0.05, 0.1) is 37.6 Å². The number of anilines is 1. The number of methoxy groups -OCH3 is 1. The monoisotopic (exact) mass is 398 g/mol. The summed E-state index contributed by atoms with van der Waals surface area (Å²) in [6.45, 7) is 1.99. The third-order valence-corrected chi connectivity index (χ3v) is 4.74. The summed E-state index contributed by atoms with van der Waals surface area (Å²) >= 11 is 0. The lowest BCUT2D eigenvalue weighted by molar-refractivity contribution is -0.139. The van der Waals surface area contributed by atoms with E-state index in [0.717, 1.165) is 4.90 Å². The summed E-state index contributed by atoms with van der Waals surface area (Å²) in [4.78, 5) is 52.4. The van der Waals surface area contributed by atoms with Crippen LogP contribution in [-0.2, 0) is 25.7 Å². The molecule has 1 aliphatic heterocycles. The summed E-state index contributed by atoms with van der Waals surface area (Å²) in [6, 6.07) is 8.51. The molecule has 8 nitrogen and oxygen atoms in total. The highest BCUT2D eigenvalue weighted by Crippen LogP contribution is 2.27. The van der Waals surface area contributed by atoms with Crippen molar-refractivity contribution in [1.82, 2.24) is 4.90 Å². The third-order valence-electron chi connectivity index (χ3n) is 4.74. The van der Waals surface area contributed by atoms with Crippen molar-refractivity contribution < 1.29 is 28.3 Å². The second kappa shape index (κ2) is 8.72. The number of amides is 3. The molecular formula is C21H22N2O6. The molecule has 0 bridgehead atoms. The molecule has 29 heavy (non-hydrogen) atoms. The van der Waals surface area contributed by atoms with Crippen LogP contribution in [0.25, 0.3) is 0 Å². The molecule has 8 heteroatoms. The molecule has 1 aliphatic rings. The van der Waals surface area contributed by atoms with Crippen molar-refractivity contribution in [2.45, 2.75) is 38.8 Å². The molecule has 152 valence electrons. The fraction of sp³-hybridized carbons (Fsp3) is 0.333. The molecule has 3 rings (SSSR count). The van der Waals surface area contributed by atoms with Gasteiger partial charge in [0.1, 0.15) is 11.8 Å². The molecule has 1 atom stereocenters. The van der Waals surface area contributed by atoms with E-state index in [0.29, 0.717) is 23.4 Å². The summed E-state index contributed by atoms with van der Waals surface area (Å²) in [5, 5.41) is 0. The van der Waals surface area contributed by atoms with Crippen LogP contribution in [0.2, 0.25) is 0 Å². The molecular weight excluding hydrogens is 376 g/mol. The molecule has 1 unspecified atom stereocenters. The van der Waals surface area contributed by atoms with E-state index in [-0.39, 0.29) is 25.3 Å².